The van der Waals surface area contributed by atoms with Gasteiger partial charge in [0.1, 0.15) is 5.70 Å². The first-order valence-corrected chi connectivity index (χ1v) is 3.00. The quantitative estimate of drug-likeness (QED) is 0.452. The molecule has 0 aromatic rings. The molecule has 1 N–H and O–H groups in total. The minimum absolute atomic E-state index is 0.166. The van der Waals surface area contributed by atoms with E-state index in [0.717, 1.165) is 12.1 Å². The van der Waals surface area contributed by atoms with Crippen LogP contribution in [-0.4, -0.2) is 0 Å². The average Bonchev–Trinajstić information content (AvgIpc) is 2.35. The molecule has 1 heterocycles. The van der Waals surface area contributed by atoms with E-state index in [2.05, 4.69) is 0 Å². The van der Waals surface area contributed by atoms with Crippen LogP contribution in [-0.2, 0) is 0 Å². The summed E-state index contributed by atoms with van der Waals surface area (Å²) < 4.78 is 0. The lowest BCUT2D eigenvalue weighted by Crippen LogP contribution is -2.98. The first kappa shape index (κ1) is 4.97. The van der Waals surface area contributed by atoms with E-state index in [9.17, 15) is 5.21 Å². The molecule has 0 aromatic heterocycles. The lowest BCUT2D eigenvalue weighted by atomic mass is 10.2. The van der Waals surface area contributed by atoms with Crippen LogP contribution in [0.1, 0.15) is 6.42 Å². The van der Waals surface area contributed by atoms with Crippen molar-refractivity contribution in [1.29, 1.82) is 0 Å². The van der Waals surface area contributed by atoms with Crippen molar-refractivity contribution in [3.63, 3.8) is 0 Å². The van der Waals surface area contributed by atoms with E-state index >= 15 is 0 Å². The SMILES string of the molecule is [O-][NH+]1C=CC2=C1C=CC2. The highest BCUT2D eigenvalue weighted by Crippen LogP contribution is 2.17. The van der Waals surface area contributed by atoms with E-state index in [4.69, 9.17) is 0 Å². The Balaban J connectivity index is 2.41. The maximum atomic E-state index is 10.9. The first-order chi connectivity index (χ1) is 4.38. The Morgan fingerprint density at radius 1 is 1.44 bits per heavy atom. The van der Waals surface area contributed by atoms with E-state index in [1.165, 1.54) is 5.57 Å². The van der Waals surface area contributed by atoms with Crippen LogP contribution in [0.5, 0.6) is 0 Å². The van der Waals surface area contributed by atoms with Crippen LogP contribution in [0.25, 0.3) is 0 Å². The number of allylic oxidation sites excluding steroid dienone is 4. The molecular formula is C7H7NO. The van der Waals surface area contributed by atoms with Crippen molar-refractivity contribution in [3.8, 4) is 0 Å². The van der Waals surface area contributed by atoms with Crippen molar-refractivity contribution in [2.75, 3.05) is 0 Å². The zero-order valence-corrected chi connectivity index (χ0v) is 4.92. The van der Waals surface area contributed by atoms with Gasteiger partial charge in [-0.25, -0.2) is 0 Å². The first-order valence-electron chi connectivity index (χ1n) is 3.00. The molecule has 0 bridgehead atoms. The molecule has 2 heteroatoms. The Morgan fingerprint density at radius 3 is 3.11 bits per heavy atom. The lowest BCUT2D eigenvalue weighted by molar-refractivity contribution is -0.739. The predicted octanol–water partition coefficient (Wildman–Crippen LogP) is 0.110. The van der Waals surface area contributed by atoms with Crippen molar-refractivity contribution < 1.29 is 5.06 Å². The van der Waals surface area contributed by atoms with Crippen LogP contribution in [0.15, 0.2) is 35.7 Å². The third-order valence-electron chi connectivity index (χ3n) is 1.67. The second-order valence-electron chi connectivity index (χ2n) is 2.24. The molecule has 0 saturated heterocycles. The summed E-state index contributed by atoms with van der Waals surface area (Å²) >= 11 is 0. The van der Waals surface area contributed by atoms with Crippen LogP contribution in [0, 0.1) is 5.21 Å². The van der Waals surface area contributed by atoms with Crippen molar-refractivity contribution in [2.24, 2.45) is 0 Å². The smallest absolute Gasteiger partial charge is 0.139 e. The predicted molar refractivity (Wildman–Crippen MR) is 34.3 cm³/mol. The molecular weight excluding hydrogens is 114 g/mol. The van der Waals surface area contributed by atoms with Crippen LogP contribution < -0.4 is 5.06 Å². The fraction of sp³-hybridized carbons (Fsp3) is 0.143. The van der Waals surface area contributed by atoms with Crippen LogP contribution in [0.4, 0.5) is 0 Å². The Labute approximate surface area is 53.4 Å². The number of hydrogen-bond acceptors (Lipinski definition) is 1. The molecule has 1 aliphatic carbocycles. The maximum Gasteiger partial charge on any atom is 0.139 e. The second-order valence-corrected chi connectivity index (χ2v) is 2.24. The standard InChI is InChI=1S/C7H7NO/c9-8-5-4-6-2-1-3-7(6)8/h1,3-5,8H,2H2. The minimum atomic E-state index is 0.166. The third-order valence-corrected chi connectivity index (χ3v) is 1.67. The van der Waals surface area contributed by atoms with Gasteiger partial charge in [-0.05, 0) is 12.5 Å². The van der Waals surface area contributed by atoms with E-state index in [1.807, 2.05) is 18.2 Å². The Bertz CT molecular complexity index is 225. The van der Waals surface area contributed by atoms with Gasteiger partial charge in [-0.1, -0.05) is 6.08 Å². The van der Waals surface area contributed by atoms with Gasteiger partial charge in [0.15, 0.2) is 0 Å². The van der Waals surface area contributed by atoms with Gasteiger partial charge in [-0.3, -0.25) is 0 Å². The Hall–Kier alpha value is -0.860. The Morgan fingerprint density at radius 2 is 2.33 bits per heavy atom. The van der Waals surface area contributed by atoms with Gasteiger partial charge in [0, 0.05) is 11.6 Å². The fourth-order valence-electron chi connectivity index (χ4n) is 1.18. The number of hydroxylamine groups is 2. The van der Waals surface area contributed by atoms with Crippen molar-refractivity contribution in [2.45, 2.75) is 6.42 Å². The summed E-state index contributed by atoms with van der Waals surface area (Å²) in [5.41, 5.74) is 2.08. The van der Waals surface area contributed by atoms with E-state index < -0.39 is 0 Å². The molecule has 2 aliphatic rings. The topological polar surface area (TPSA) is 27.5 Å². The van der Waals surface area contributed by atoms with Gasteiger partial charge in [0.25, 0.3) is 0 Å². The van der Waals surface area contributed by atoms with Crippen LogP contribution in [0.2, 0.25) is 0 Å². The van der Waals surface area contributed by atoms with Crippen LogP contribution in [0.3, 0.4) is 0 Å². The summed E-state index contributed by atoms with van der Waals surface area (Å²) in [6, 6.07) is 0. The van der Waals surface area contributed by atoms with Gasteiger partial charge in [0.05, 0.1) is 6.20 Å². The fourth-order valence-corrected chi connectivity index (χ4v) is 1.18. The van der Waals surface area contributed by atoms with Gasteiger partial charge in [0.2, 0.25) is 0 Å². The van der Waals surface area contributed by atoms with Crippen LogP contribution >= 0.6 is 0 Å². The Kier molecular flexibility index (Phi) is 0.860. The molecule has 0 radical (unpaired) electrons. The molecule has 46 valence electrons. The monoisotopic (exact) mass is 121 g/mol. The summed E-state index contributed by atoms with van der Waals surface area (Å²) in [6.07, 6.45) is 8.40. The van der Waals surface area contributed by atoms with E-state index in [0.29, 0.717) is 0 Å². The molecule has 0 aromatic carbocycles. The molecule has 2 rings (SSSR count). The molecule has 0 saturated carbocycles. The van der Waals surface area contributed by atoms with Crippen molar-refractivity contribution in [3.05, 3.63) is 40.9 Å². The van der Waals surface area contributed by atoms with Gasteiger partial charge >= 0.3 is 0 Å². The normalized spacial score (nSPS) is 30.1. The number of hydrogen-bond donors (Lipinski definition) is 1. The number of nitrogens with one attached hydrogen (secondary N) is 1. The van der Waals surface area contributed by atoms with Gasteiger partial charge in [-0.15, -0.1) is 0 Å². The highest BCUT2D eigenvalue weighted by Gasteiger charge is 2.16. The average molecular weight is 121 g/mol. The van der Waals surface area contributed by atoms with Gasteiger partial charge in [-0.2, -0.15) is 0 Å². The lowest BCUT2D eigenvalue weighted by Gasteiger charge is -2.12. The summed E-state index contributed by atoms with van der Waals surface area (Å²) in [5.74, 6) is 0. The summed E-state index contributed by atoms with van der Waals surface area (Å²) in [5, 5.41) is 11.0. The molecule has 9 heavy (non-hydrogen) atoms. The molecule has 1 aliphatic heterocycles. The van der Waals surface area contributed by atoms with E-state index in [-0.39, 0.29) is 5.06 Å². The highest BCUT2D eigenvalue weighted by atomic mass is 16.5. The highest BCUT2D eigenvalue weighted by molar-refractivity contribution is 5.38. The zero-order chi connectivity index (χ0) is 6.27. The molecule has 0 fully saturated rings. The molecule has 2 nitrogen and oxygen atoms in total. The van der Waals surface area contributed by atoms with Gasteiger partial charge < -0.3 is 10.3 Å². The largest absolute Gasteiger partial charge is 0.624 e. The molecule has 0 amide bonds. The zero-order valence-electron chi connectivity index (χ0n) is 4.92. The minimum Gasteiger partial charge on any atom is -0.624 e. The molecule has 1 atom stereocenters. The van der Waals surface area contributed by atoms with Crippen molar-refractivity contribution >= 4 is 0 Å². The summed E-state index contributed by atoms with van der Waals surface area (Å²) in [6.45, 7) is 0. The van der Waals surface area contributed by atoms with E-state index in [1.54, 1.807) is 6.20 Å². The maximum absolute atomic E-state index is 10.9. The second kappa shape index (κ2) is 1.56. The molecule has 1 unspecified atom stereocenters. The summed E-state index contributed by atoms with van der Waals surface area (Å²) in [4.78, 5) is 0. The number of quaternary nitrogens is 1. The third kappa shape index (κ3) is 0.573. The summed E-state index contributed by atoms with van der Waals surface area (Å²) in [7, 11) is 0. The number of rotatable bonds is 0. The van der Waals surface area contributed by atoms with Crippen molar-refractivity contribution in [1.82, 2.24) is 0 Å². The molecule has 0 spiro atoms.